The van der Waals surface area contributed by atoms with Gasteiger partial charge in [0, 0.05) is 33.7 Å². The van der Waals surface area contributed by atoms with Crippen molar-refractivity contribution in [3.63, 3.8) is 0 Å². The summed E-state index contributed by atoms with van der Waals surface area (Å²) in [5, 5.41) is 2.84. The highest BCUT2D eigenvalue weighted by molar-refractivity contribution is 6.13. The van der Waals surface area contributed by atoms with Crippen LogP contribution < -0.4 is 0 Å². The molecule has 0 amide bonds. The van der Waals surface area contributed by atoms with Crippen molar-refractivity contribution in [1.82, 2.24) is 29.9 Å². The summed E-state index contributed by atoms with van der Waals surface area (Å²) >= 11 is 0. The minimum absolute atomic E-state index is 0.604. The van der Waals surface area contributed by atoms with Gasteiger partial charge >= 0.3 is 0 Å². The molecule has 0 aliphatic heterocycles. The fraction of sp³-hybridized carbons (Fsp3) is 0. The van der Waals surface area contributed by atoms with E-state index in [1.807, 2.05) is 103 Å². The molecule has 0 atom stereocenters. The van der Waals surface area contributed by atoms with Crippen LogP contribution in [0.5, 0.6) is 0 Å². The maximum Gasteiger partial charge on any atom is 0.164 e. The van der Waals surface area contributed by atoms with Gasteiger partial charge in [-0.2, -0.15) is 0 Å². The lowest BCUT2D eigenvalue weighted by atomic mass is 9.99. The first-order valence-corrected chi connectivity index (χ1v) is 15.3. The van der Waals surface area contributed by atoms with Gasteiger partial charge in [-0.1, -0.05) is 103 Å². The zero-order valence-corrected chi connectivity index (χ0v) is 24.9. The minimum Gasteiger partial charge on any atom is -0.456 e. The molecule has 5 aromatic carbocycles. The van der Waals surface area contributed by atoms with Crippen molar-refractivity contribution in [3.05, 3.63) is 146 Å². The van der Waals surface area contributed by atoms with E-state index < -0.39 is 0 Å². The summed E-state index contributed by atoms with van der Waals surface area (Å²) in [6.07, 6.45) is 3.36. The number of benzene rings is 5. The molecule has 0 unspecified atom stereocenters. The molecule has 7 nitrogen and oxygen atoms in total. The molecule has 4 aromatic heterocycles. The molecule has 220 valence electrons. The number of para-hydroxylation sites is 1. The maximum absolute atomic E-state index is 6.15. The summed E-state index contributed by atoms with van der Waals surface area (Å²) in [5.41, 5.74) is 8.72. The molecule has 7 heteroatoms. The second kappa shape index (κ2) is 11.1. The zero-order valence-electron chi connectivity index (χ0n) is 24.9. The number of fused-ring (bicyclic) bond motifs is 4. The standard InChI is InChI=1S/C40H24N6O/c1-3-10-25(11-4-1)38-44-39(26-12-5-2-6-13-26)46-40(45-38)29-15-9-14-27(22-29)28-18-19-32-31(23-28)36(43-24-42-32)37-35-30-16-7-8-17-33(30)47-34(35)20-21-41-37/h1-24H. The van der Waals surface area contributed by atoms with Crippen molar-refractivity contribution in [3.8, 4) is 56.7 Å². The first-order chi connectivity index (χ1) is 23.3. The lowest BCUT2D eigenvalue weighted by Crippen LogP contribution is -2.00. The predicted octanol–water partition coefficient (Wildman–Crippen LogP) is 9.44. The van der Waals surface area contributed by atoms with E-state index in [0.29, 0.717) is 17.5 Å². The highest BCUT2D eigenvalue weighted by atomic mass is 16.3. The SMILES string of the molecule is c1ccc(-c2nc(-c3ccccc3)nc(-c3cccc(-c4ccc5ncnc(-c6nccc7oc8ccccc8c67)c5c4)c3)n2)cc1. The Morgan fingerprint density at radius 3 is 1.81 bits per heavy atom. The minimum atomic E-state index is 0.604. The largest absolute Gasteiger partial charge is 0.456 e. The number of hydrogen-bond donors (Lipinski definition) is 0. The van der Waals surface area contributed by atoms with Gasteiger partial charge in [-0.25, -0.2) is 24.9 Å². The van der Waals surface area contributed by atoms with Crippen LogP contribution in [0.3, 0.4) is 0 Å². The van der Waals surface area contributed by atoms with E-state index in [1.54, 1.807) is 12.5 Å². The molecule has 9 aromatic rings. The number of aromatic nitrogens is 6. The molecule has 9 rings (SSSR count). The molecule has 0 radical (unpaired) electrons. The normalized spacial score (nSPS) is 11.4. The van der Waals surface area contributed by atoms with Gasteiger partial charge in [0.15, 0.2) is 17.5 Å². The van der Waals surface area contributed by atoms with E-state index in [4.69, 9.17) is 29.3 Å². The quantitative estimate of drug-likeness (QED) is 0.193. The Morgan fingerprint density at radius 1 is 0.404 bits per heavy atom. The van der Waals surface area contributed by atoms with Crippen LogP contribution in [-0.4, -0.2) is 29.9 Å². The molecular formula is C40H24N6O. The number of pyridine rings is 1. The molecule has 0 spiro atoms. The van der Waals surface area contributed by atoms with Crippen molar-refractivity contribution in [2.75, 3.05) is 0 Å². The highest BCUT2D eigenvalue weighted by Gasteiger charge is 2.18. The Bertz CT molecular complexity index is 2520. The van der Waals surface area contributed by atoms with Gasteiger partial charge in [-0.15, -0.1) is 0 Å². The number of hydrogen-bond acceptors (Lipinski definition) is 7. The van der Waals surface area contributed by atoms with Crippen molar-refractivity contribution >= 4 is 32.8 Å². The zero-order chi connectivity index (χ0) is 31.2. The molecule has 0 saturated carbocycles. The summed E-state index contributed by atoms with van der Waals surface area (Å²) in [6.45, 7) is 0. The first-order valence-electron chi connectivity index (χ1n) is 15.3. The van der Waals surface area contributed by atoms with Crippen LogP contribution in [0.1, 0.15) is 0 Å². The summed E-state index contributed by atoms with van der Waals surface area (Å²) in [4.78, 5) is 28.8. The van der Waals surface area contributed by atoms with Crippen molar-refractivity contribution in [1.29, 1.82) is 0 Å². The van der Waals surface area contributed by atoms with Crippen LogP contribution in [-0.2, 0) is 0 Å². The number of furan rings is 1. The summed E-state index contributed by atoms with van der Waals surface area (Å²) in [6, 6.07) is 44.4. The van der Waals surface area contributed by atoms with Crippen molar-refractivity contribution in [2.45, 2.75) is 0 Å². The molecule has 4 heterocycles. The molecule has 0 fully saturated rings. The van der Waals surface area contributed by atoms with Crippen LogP contribution in [0.15, 0.2) is 150 Å². The molecule has 0 aliphatic carbocycles. The van der Waals surface area contributed by atoms with Gasteiger partial charge in [0.25, 0.3) is 0 Å². The highest BCUT2D eigenvalue weighted by Crippen LogP contribution is 2.38. The Hall–Kier alpha value is -6.60. The van der Waals surface area contributed by atoms with E-state index in [1.165, 1.54) is 0 Å². The van der Waals surface area contributed by atoms with Gasteiger partial charge in [-0.3, -0.25) is 4.98 Å². The third kappa shape index (κ3) is 4.78. The Labute approximate surface area is 269 Å². The van der Waals surface area contributed by atoms with Crippen LogP contribution in [0, 0.1) is 0 Å². The van der Waals surface area contributed by atoms with E-state index in [0.717, 1.165) is 72.0 Å². The van der Waals surface area contributed by atoms with Crippen LogP contribution in [0.25, 0.3) is 89.5 Å². The average Bonchev–Trinajstić information content (AvgIpc) is 3.54. The second-order valence-electron chi connectivity index (χ2n) is 11.2. The Balaban J connectivity index is 1.18. The Kier molecular flexibility index (Phi) is 6.31. The second-order valence-corrected chi connectivity index (χ2v) is 11.2. The van der Waals surface area contributed by atoms with Crippen LogP contribution >= 0.6 is 0 Å². The molecule has 0 N–H and O–H groups in total. The summed E-state index contributed by atoms with van der Waals surface area (Å²) in [7, 11) is 0. The fourth-order valence-corrected chi connectivity index (χ4v) is 6.05. The summed E-state index contributed by atoms with van der Waals surface area (Å²) in [5.74, 6) is 1.86. The van der Waals surface area contributed by atoms with Gasteiger partial charge in [0.05, 0.1) is 10.9 Å². The topological polar surface area (TPSA) is 90.5 Å². The number of rotatable bonds is 5. The number of nitrogens with zero attached hydrogens (tertiary/aromatic N) is 6. The van der Waals surface area contributed by atoms with Gasteiger partial charge in [-0.05, 0) is 41.5 Å². The molecule has 0 saturated heterocycles. The van der Waals surface area contributed by atoms with Crippen molar-refractivity contribution in [2.24, 2.45) is 0 Å². The smallest absolute Gasteiger partial charge is 0.164 e. The average molecular weight is 605 g/mol. The maximum atomic E-state index is 6.15. The van der Waals surface area contributed by atoms with E-state index >= 15 is 0 Å². The van der Waals surface area contributed by atoms with E-state index in [9.17, 15) is 0 Å². The molecule has 0 bridgehead atoms. The lowest BCUT2D eigenvalue weighted by molar-refractivity contribution is 0.668. The third-order valence-corrected chi connectivity index (χ3v) is 8.30. The monoisotopic (exact) mass is 604 g/mol. The fourth-order valence-electron chi connectivity index (χ4n) is 6.05. The molecule has 0 aliphatic rings. The van der Waals surface area contributed by atoms with Gasteiger partial charge in [0.2, 0.25) is 0 Å². The third-order valence-electron chi connectivity index (χ3n) is 8.30. The van der Waals surface area contributed by atoms with Crippen molar-refractivity contribution < 1.29 is 4.42 Å². The lowest BCUT2D eigenvalue weighted by Gasteiger charge is -2.11. The van der Waals surface area contributed by atoms with Crippen LogP contribution in [0.2, 0.25) is 0 Å². The van der Waals surface area contributed by atoms with E-state index in [2.05, 4.69) is 35.3 Å². The van der Waals surface area contributed by atoms with Crippen LogP contribution in [0.4, 0.5) is 0 Å². The summed E-state index contributed by atoms with van der Waals surface area (Å²) < 4.78 is 6.15. The predicted molar refractivity (Wildman–Crippen MR) is 185 cm³/mol. The molecule has 47 heavy (non-hydrogen) atoms. The molecular weight excluding hydrogens is 580 g/mol. The first kappa shape index (κ1) is 26.8. The van der Waals surface area contributed by atoms with E-state index in [-0.39, 0.29) is 0 Å². The van der Waals surface area contributed by atoms with Gasteiger partial charge in [0.1, 0.15) is 28.9 Å². The van der Waals surface area contributed by atoms with Gasteiger partial charge < -0.3 is 4.42 Å². The Morgan fingerprint density at radius 2 is 1.04 bits per heavy atom.